The van der Waals surface area contributed by atoms with E-state index in [1.165, 1.54) is 0 Å². The molecule has 0 amide bonds. The minimum atomic E-state index is -4.50. The maximum atomic E-state index is 10.6. The van der Waals surface area contributed by atoms with Gasteiger partial charge in [-0.3, -0.25) is 9.79 Å². The number of rotatable bonds is 2. The molecule has 0 bridgehead atoms. The van der Waals surface area contributed by atoms with Crippen molar-refractivity contribution in [2.75, 3.05) is 5.73 Å². The van der Waals surface area contributed by atoms with Gasteiger partial charge in [-0.15, -0.1) is 0 Å². The van der Waals surface area contributed by atoms with Crippen LogP contribution in [0.5, 0.6) is 5.75 Å². The Balaban J connectivity index is 3.15. The molecule has 14 heavy (non-hydrogen) atoms. The second kappa shape index (κ2) is 3.61. The fraction of sp³-hybridized carbons (Fsp3) is 0.250. The van der Waals surface area contributed by atoms with Crippen molar-refractivity contribution in [1.82, 2.24) is 0 Å². The van der Waals surface area contributed by atoms with Gasteiger partial charge in [0.05, 0.1) is 0 Å². The lowest BCUT2D eigenvalue weighted by Crippen LogP contribution is -1.97. The molecule has 0 aromatic heterocycles. The third-order valence-corrected chi connectivity index (χ3v) is 2.11. The molecular formula is C8H12NO4P. The zero-order valence-corrected chi connectivity index (χ0v) is 8.78. The monoisotopic (exact) mass is 217 g/mol. The van der Waals surface area contributed by atoms with Gasteiger partial charge in [0.25, 0.3) is 0 Å². The van der Waals surface area contributed by atoms with Gasteiger partial charge in [0, 0.05) is 5.69 Å². The van der Waals surface area contributed by atoms with Gasteiger partial charge in [-0.05, 0) is 37.1 Å². The first-order valence-corrected chi connectivity index (χ1v) is 5.44. The Labute approximate surface area is 81.8 Å². The summed E-state index contributed by atoms with van der Waals surface area (Å²) in [4.78, 5) is 17.3. The number of phosphoric acid groups is 1. The van der Waals surface area contributed by atoms with E-state index >= 15 is 0 Å². The Morgan fingerprint density at radius 3 is 2.07 bits per heavy atom. The zero-order chi connectivity index (χ0) is 10.9. The summed E-state index contributed by atoms with van der Waals surface area (Å²) >= 11 is 0. The van der Waals surface area contributed by atoms with E-state index in [4.69, 9.17) is 15.5 Å². The summed E-state index contributed by atoms with van der Waals surface area (Å²) < 4.78 is 15.2. The van der Waals surface area contributed by atoms with Crippen LogP contribution in [0.25, 0.3) is 0 Å². The maximum absolute atomic E-state index is 10.6. The van der Waals surface area contributed by atoms with E-state index in [1.807, 2.05) is 0 Å². The van der Waals surface area contributed by atoms with Crippen LogP contribution >= 0.6 is 7.82 Å². The van der Waals surface area contributed by atoms with Crippen molar-refractivity contribution in [3.05, 3.63) is 23.3 Å². The van der Waals surface area contributed by atoms with Gasteiger partial charge in [0.1, 0.15) is 5.75 Å². The largest absolute Gasteiger partial charge is 0.524 e. The van der Waals surface area contributed by atoms with E-state index in [-0.39, 0.29) is 5.75 Å². The van der Waals surface area contributed by atoms with Crippen LogP contribution in [0, 0.1) is 13.8 Å². The lowest BCUT2D eigenvalue weighted by Gasteiger charge is -2.12. The molecule has 5 nitrogen and oxygen atoms in total. The fourth-order valence-corrected chi connectivity index (χ4v) is 1.77. The first-order chi connectivity index (χ1) is 6.29. The maximum Gasteiger partial charge on any atom is 0.524 e. The second-order valence-corrected chi connectivity index (χ2v) is 4.23. The van der Waals surface area contributed by atoms with Gasteiger partial charge >= 0.3 is 7.82 Å². The Hall–Kier alpha value is -1.03. The highest BCUT2D eigenvalue weighted by Crippen LogP contribution is 2.41. The standard InChI is InChI=1S/C8H12NO4P/c1-5-3-7(9)4-6(2)8(5)13-14(10,11)12/h3-4H,9H2,1-2H3,(H2,10,11,12). The Kier molecular flexibility index (Phi) is 2.85. The number of phosphoric ester groups is 1. The van der Waals surface area contributed by atoms with Gasteiger partial charge in [0.2, 0.25) is 0 Å². The average molecular weight is 217 g/mol. The van der Waals surface area contributed by atoms with Crippen molar-refractivity contribution in [2.45, 2.75) is 13.8 Å². The van der Waals surface area contributed by atoms with Crippen molar-refractivity contribution in [3.8, 4) is 5.75 Å². The molecule has 1 rings (SSSR count). The summed E-state index contributed by atoms with van der Waals surface area (Å²) in [6.45, 7) is 3.35. The molecular weight excluding hydrogens is 205 g/mol. The molecule has 0 radical (unpaired) electrons. The highest BCUT2D eigenvalue weighted by atomic mass is 31.2. The van der Waals surface area contributed by atoms with E-state index in [1.54, 1.807) is 26.0 Å². The number of hydrogen-bond acceptors (Lipinski definition) is 3. The van der Waals surface area contributed by atoms with Crippen molar-refractivity contribution >= 4 is 13.5 Å². The van der Waals surface area contributed by atoms with Crippen LogP contribution in [0.3, 0.4) is 0 Å². The predicted molar refractivity (Wildman–Crippen MR) is 53.0 cm³/mol. The van der Waals surface area contributed by atoms with E-state index in [2.05, 4.69) is 4.52 Å². The molecule has 1 aromatic carbocycles. The molecule has 6 heteroatoms. The molecule has 0 aliphatic rings. The number of aryl methyl sites for hydroxylation is 2. The summed E-state index contributed by atoms with van der Waals surface area (Å²) in [6, 6.07) is 3.19. The predicted octanol–water partition coefficient (Wildman–Crippen LogP) is 1.36. The normalized spacial score (nSPS) is 11.4. The molecule has 0 atom stereocenters. The number of hydrogen-bond donors (Lipinski definition) is 3. The van der Waals surface area contributed by atoms with E-state index < -0.39 is 7.82 Å². The number of nitrogens with two attached hydrogens (primary N) is 1. The van der Waals surface area contributed by atoms with Crippen molar-refractivity contribution < 1.29 is 18.9 Å². The van der Waals surface area contributed by atoms with Crippen LogP contribution in [0.4, 0.5) is 5.69 Å². The topological polar surface area (TPSA) is 92.8 Å². The molecule has 0 unspecified atom stereocenters. The minimum Gasteiger partial charge on any atom is -0.404 e. The smallest absolute Gasteiger partial charge is 0.404 e. The van der Waals surface area contributed by atoms with Crippen LogP contribution in [-0.4, -0.2) is 9.79 Å². The van der Waals surface area contributed by atoms with Crippen LogP contribution in [0.15, 0.2) is 12.1 Å². The van der Waals surface area contributed by atoms with Gasteiger partial charge in [-0.2, -0.15) is 0 Å². The highest BCUT2D eigenvalue weighted by molar-refractivity contribution is 7.46. The highest BCUT2D eigenvalue weighted by Gasteiger charge is 2.18. The fourth-order valence-electron chi connectivity index (χ4n) is 1.25. The van der Waals surface area contributed by atoms with Crippen LogP contribution < -0.4 is 10.3 Å². The third-order valence-electron chi connectivity index (χ3n) is 1.69. The van der Waals surface area contributed by atoms with Crippen molar-refractivity contribution in [1.29, 1.82) is 0 Å². The van der Waals surface area contributed by atoms with Gasteiger partial charge < -0.3 is 10.3 Å². The van der Waals surface area contributed by atoms with Crippen LogP contribution in [-0.2, 0) is 4.57 Å². The SMILES string of the molecule is Cc1cc(N)cc(C)c1OP(=O)(O)O. The summed E-state index contributed by atoms with van der Waals surface area (Å²) in [5.74, 6) is 0.188. The van der Waals surface area contributed by atoms with Gasteiger partial charge in [-0.1, -0.05) is 0 Å². The number of anilines is 1. The Morgan fingerprint density at radius 1 is 1.29 bits per heavy atom. The molecule has 0 fully saturated rings. The average Bonchev–Trinajstić information content (AvgIpc) is 1.95. The molecule has 0 saturated carbocycles. The van der Waals surface area contributed by atoms with Gasteiger partial charge in [-0.25, -0.2) is 4.57 Å². The summed E-state index contributed by atoms with van der Waals surface area (Å²) in [5.41, 5.74) is 7.29. The first-order valence-electron chi connectivity index (χ1n) is 3.91. The van der Waals surface area contributed by atoms with E-state index in [9.17, 15) is 4.57 Å². The first kappa shape index (κ1) is 11.0. The molecule has 78 valence electrons. The van der Waals surface area contributed by atoms with Crippen LogP contribution in [0.1, 0.15) is 11.1 Å². The minimum absolute atomic E-state index is 0.188. The van der Waals surface area contributed by atoms with E-state index in [0.717, 1.165) is 0 Å². The van der Waals surface area contributed by atoms with Crippen molar-refractivity contribution in [2.24, 2.45) is 0 Å². The quantitative estimate of drug-likeness (QED) is 0.513. The Bertz CT molecular complexity index is 375. The lowest BCUT2D eigenvalue weighted by atomic mass is 10.1. The number of benzene rings is 1. The van der Waals surface area contributed by atoms with Crippen molar-refractivity contribution in [3.63, 3.8) is 0 Å². The zero-order valence-electron chi connectivity index (χ0n) is 7.89. The summed E-state index contributed by atoms with van der Waals surface area (Å²) in [5, 5.41) is 0. The third kappa shape index (κ3) is 2.73. The number of nitrogen functional groups attached to an aromatic ring is 1. The van der Waals surface area contributed by atoms with Gasteiger partial charge in [0.15, 0.2) is 0 Å². The van der Waals surface area contributed by atoms with Crippen LogP contribution in [0.2, 0.25) is 0 Å². The molecule has 0 aliphatic carbocycles. The molecule has 4 N–H and O–H groups in total. The second-order valence-electron chi connectivity index (χ2n) is 3.07. The summed E-state index contributed by atoms with van der Waals surface area (Å²) in [6.07, 6.45) is 0. The Morgan fingerprint density at radius 2 is 1.71 bits per heavy atom. The summed E-state index contributed by atoms with van der Waals surface area (Å²) in [7, 11) is -4.50. The molecule has 0 saturated heterocycles. The molecule has 0 heterocycles. The molecule has 0 spiro atoms. The lowest BCUT2D eigenvalue weighted by molar-refractivity contribution is 0.282. The van der Waals surface area contributed by atoms with E-state index in [0.29, 0.717) is 16.8 Å². The molecule has 0 aliphatic heterocycles. The molecule has 1 aromatic rings.